The largest absolute Gasteiger partial charge is 0.480 e. The van der Waals surface area contributed by atoms with Gasteiger partial charge >= 0.3 is 5.97 Å². The summed E-state index contributed by atoms with van der Waals surface area (Å²) in [6.45, 7) is 0.615. The molecule has 5 heteroatoms. The third-order valence-electron chi connectivity index (χ3n) is 4.44. The predicted octanol–water partition coefficient (Wildman–Crippen LogP) is 0.202. The zero-order valence-corrected chi connectivity index (χ0v) is 9.76. The Kier molecular flexibility index (Phi) is 2.58. The third-order valence-corrected chi connectivity index (χ3v) is 4.44. The first-order chi connectivity index (χ1) is 8.16. The molecule has 5 nitrogen and oxygen atoms in total. The quantitative estimate of drug-likeness (QED) is 0.721. The molecule has 3 unspecified atom stereocenters. The molecule has 0 spiro atoms. The van der Waals surface area contributed by atoms with Crippen molar-refractivity contribution in [1.29, 1.82) is 0 Å². The third kappa shape index (κ3) is 1.73. The van der Waals surface area contributed by atoms with Gasteiger partial charge in [0.05, 0.1) is 5.92 Å². The van der Waals surface area contributed by atoms with Crippen LogP contribution in [0.1, 0.15) is 32.1 Å². The number of fused-ring (bicyclic) bond motifs is 2. The molecular formula is C12H18N2O3. The molecule has 17 heavy (non-hydrogen) atoms. The molecule has 0 radical (unpaired) electrons. The number of hydrogen-bond donors (Lipinski definition) is 2. The maximum Gasteiger partial charge on any atom is 0.326 e. The van der Waals surface area contributed by atoms with Crippen LogP contribution in [-0.2, 0) is 9.59 Å². The lowest BCUT2D eigenvalue weighted by Gasteiger charge is -2.28. The van der Waals surface area contributed by atoms with Crippen LogP contribution in [0.2, 0.25) is 0 Å². The zero-order valence-electron chi connectivity index (χ0n) is 9.76. The van der Waals surface area contributed by atoms with Gasteiger partial charge in [0.15, 0.2) is 0 Å². The lowest BCUT2D eigenvalue weighted by Crippen LogP contribution is -2.46. The van der Waals surface area contributed by atoms with Crippen LogP contribution in [0.5, 0.6) is 0 Å². The minimum atomic E-state index is -0.855. The van der Waals surface area contributed by atoms with Gasteiger partial charge in [-0.3, -0.25) is 4.79 Å². The van der Waals surface area contributed by atoms with Gasteiger partial charge in [-0.05, 0) is 32.1 Å². The molecule has 0 aromatic rings. The lowest BCUT2D eigenvalue weighted by molar-refractivity contribution is -0.150. The molecule has 0 aromatic carbocycles. The van der Waals surface area contributed by atoms with Crippen LogP contribution in [0.15, 0.2) is 0 Å². The van der Waals surface area contributed by atoms with Crippen LogP contribution >= 0.6 is 0 Å². The van der Waals surface area contributed by atoms with E-state index in [1.807, 2.05) is 0 Å². The molecule has 2 bridgehead atoms. The number of nitrogens with zero attached hydrogens (tertiary/aromatic N) is 1. The molecule has 3 rings (SSSR count). The lowest BCUT2D eigenvalue weighted by atomic mass is 9.88. The Morgan fingerprint density at radius 1 is 1.24 bits per heavy atom. The molecule has 3 saturated heterocycles. The number of carbonyl (C=O) groups is 2. The number of hydrogen-bond acceptors (Lipinski definition) is 3. The van der Waals surface area contributed by atoms with Gasteiger partial charge in [-0.2, -0.15) is 0 Å². The second-order valence-electron chi connectivity index (χ2n) is 5.42. The van der Waals surface area contributed by atoms with Crippen LogP contribution in [0.4, 0.5) is 0 Å². The summed E-state index contributed by atoms with van der Waals surface area (Å²) < 4.78 is 0. The van der Waals surface area contributed by atoms with Crippen LogP contribution in [0.25, 0.3) is 0 Å². The first-order valence-electron chi connectivity index (χ1n) is 6.46. The first kappa shape index (κ1) is 11.0. The highest BCUT2D eigenvalue weighted by Crippen LogP contribution is 2.35. The number of nitrogens with one attached hydrogen (secondary N) is 1. The van der Waals surface area contributed by atoms with Gasteiger partial charge < -0.3 is 15.3 Å². The Balaban J connectivity index is 1.71. The van der Waals surface area contributed by atoms with E-state index in [1.54, 1.807) is 4.90 Å². The number of carboxylic acids is 1. The maximum absolute atomic E-state index is 12.4. The van der Waals surface area contributed by atoms with Crippen molar-refractivity contribution >= 4 is 11.9 Å². The molecule has 3 heterocycles. The Bertz CT molecular complexity index is 358. The van der Waals surface area contributed by atoms with Crippen molar-refractivity contribution in [3.8, 4) is 0 Å². The molecule has 3 fully saturated rings. The summed E-state index contributed by atoms with van der Waals surface area (Å²) >= 11 is 0. The minimum Gasteiger partial charge on any atom is -0.480 e. The Hall–Kier alpha value is -1.10. The number of likely N-dealkylation sites (tertiary alicyclic amines) is 1. The molecule has 0 aromatic heterocycles. The van der Waals surface area contributed by atoms with E-state index in [0.29, 0.717) is 25.0 Å². The first-order valence-corrected chi connectivity index (χ1v) is 6.46. The number of carbonyl (C=O) groups excluding carboxylic acids is 1. The van der Waals surface area contributed by atoms with E-state index in [9.17, 15) is 9.59 Å². The fraction of sp³-hybridized carbons (Fsp3) is 0.833. The average Bonchev–Trinajstić information content (AvgIpc) is 3.02. The van der Waals surface area contributed by atoms with Crippen LogP contribution in [-0.4, -0.2) is 46.6 Å². The highest BCUT2D eigenvalue weighted by atomic mass is 16.4. The summed E-state index contributed by atoms with van der Waals surface area (Å²) in [5.74, 6) is -0.768. The fourth-order valence-corrected chi connectivity index (χ4v) is 3.60. The fourth-order valence-electron chi connectivity index (χ4n) is 3.60. The van der Waals surface area contributed by atoms with Crippen molar-refractivity contribution in [3.63, 3.8) is 0 Å². The van der Waals surface area contributed by atoms with Gasteiger partial charge in [0.2, 0.25) is 5.91 Å². The molecule has 3 aliphatic rings. The highest BCUT2D eigenvalue weighted by molar-refractivity contribution is 5.86. The van der Waals surface area contributed by atoms with Gasteiger partial charge in [0.1, 0.15) is 6.04 Å². The average molecular weight is 238 g/mol. The van der Waals surface area contributed by atoms with Gasteiger partial charge in [-0.15, -0.1) is 0 Å². The van der Waals surface area contributed by atoms with E-state index in [0.717, 1.165) is 25.7 Å². The summed E-state index contributed by atoms with van der Waals surface area (Å²) in [6.07, 6.45) is 4.54. The Morgan fingerprint density at radius 3 is 2.65 bits per heavy atom. The van der Waals surface area contributed by atoms with Crippen molar-refractivity contribution < 1.29 is 14.7 Å². The summed E-state index contributed by atoms with van der Waals surface area (Å²) in [5.41, 5.74) is 0. The molecule has 1 amide bonds. The van der Waals surface area contributed by atoms with Crippen molar-refractivity contribution in [2.45, 2.75) is 50.2 Å². The minimum absolute atomic E-state index is 0.0219. The number of aliphatic carboxylic acids is 1. The number of carboxylic acid groups (broad SMARTS) is 1. The monoisotopic (exact) mass is 238 g/mol. The number of rotatable bonds is 2. The zero-order chi connectivity index (χ0) is 12.0. The summed E-state index contributed by atoms with van der Waals surface area (Å²) in [4.78, 5) is 25.0. The van der Waals surface area contributed by atoms with E-state index in [2.05, 4.69) is 5.32 Å². The van der Waals surface area contributed by atoms with Crippen molar-refractivity contribution in [1.82, 2.24) is 10.2 Å². The molecule has 4 atom stereocenters. The van der Waals surface area contributed by atoms with Crippen molar-refractivity contribution in [2.75, 3.05) is 6.54 Å². The Morgan fingerprint density at radius 2 is 2.06 bits per heavy atom. The second-order valence-corrected chi connectivity index (χ2v) is 5.42. The molecule has 0 aliphatic carbocycles. The molecule has 0 saturated carbocycles. The molecule has 94 valence electrons. The second kappa shape index (κ2) is 3.98. The summed E-state index contributed by atoms with van der Waals surface area (Å²) in [6, 6.07) is 0.198. The molecular weight excluding hydrogens is 220 g/mol. The predicted molar refractivity (Wildman–Crippen MR) is 60.4 cm³/mol. The van der Waals surface area contributed by atoms with Gasteiger partial charge in [0.25, 0.3) is 0 Å². The van der Waals surface area contributed by atoms with Gasteiger partial charge in [-0.1, -0.05) is 0 Å². The highest BCUT2D eigenvalue weighted by Gasteiger charge is 2.46. The Labute approximate surface area is 100 Å². The van der Waals surface area contributed by atoms with E-state index in [-0.39, 0.29) is 11.8 Å². The van der Waals surface area contributed by atoms with Crippen LogP contribution in [0, 0.1) is 5.92 Å². The van der Waals surface area contributed by atoms with E-state index >= 15 is 0 Å². The van der Waals surface area contributed by atoms with E-state index < -0.39 is 12.0 Å². The summed E-state index contributed by atoms with van der Waals surface area (Å²) in [5, 5.41) is 12.5. The van der Waals surface area contributed by atoms with Gasteiger partial charge in [0, 0.05) is 18.6 Å². The summed E-state index contributed by atoms with van der Waals surface area (Å²) in [7, 11) is 0. The molecule has 2 N–H and O–H groups in total. The topological polar surface area (TPSA) is 69.6 Å². The standard InChI is InChI=1S/C12H18N2O3/c15-11(8-6-7-3-4-9(8)13-7)14-5-1-2-10(14)12(16)17/h7-10,13H,1-6H2,(H,16,17)/t7?,8?,9?,10-/m1/s1. The maximum atomic E-state index is 12.4. The smallest absolute Gasteiger partial charge is 0.326 e. The van der Waals surface area contributed by atoms with Crippen LogP contribution < -0.4 is 5.32 Å². The van der Waals surface area contributed by atoms with Gasteiger partial charge in [-0.25, -0.2) is 4.79 Å². The number of amides is 1. The molecule has 3 aliphatic heterocycles. The normalized spacial score (nSPS) is 39.9. The van der Waals surface area contributed by atoms with E-state index in [4.69, 9.17) is 5.11 Å². The van der Waals surface area contributed by atoms with Crippen LogP contribution in [0.3, 0.4) is 0 Å². The van der Waals surface area contributed by atoms with E-state index in [1.165, 1.54) is 0 Å². The SMILES string of the molecule is O=C(O)[C@H]1CCCN1C(=O)C1CC2CCC1N2. The van der Waals surface area contributed by atoms with Crippen molar-refractivity contribution in [2.24, 2.45) is 5.92 Å². The van der Waals surface area contributed by atoms with Crippen molar-refractivity contribution in [3.05, 3.63) is 0 Å².